The molecule has 0 bridgehead atoms. The third-order valence-corrected chi connectivity index (χ3v) is 5.53. The van der Waals surface area contributed by atoms with Crippen molar-refractivity contribution in [3.8, 4) is 6.07 Å². The quantitative estimate of drug-likeness (QED) is 0.931. The second-order valence-corrected chi connectivity index (χ2v) is 6.94. The number of carbonyl (C=O) groups excluding carboxylic acids is 1. The molecule has 1 aromatic rings. The molecule has 4 nitrogen and oxygen atoms in total. The molecule has 1 aliphatic heterocycles. The molecule has 2 fully saturated rings. The molecular weight excluding hydrogens is 286 g/mol. The summed E-state index contributed by atoms with van der Waals surface area (Å²) in [6, 6.07) is 9.02. The Labute approximate surface area is 138 Å². The minimum atomic E-state index is -0.103. The predicted molar refractivity (Wildman–Crippen MR) is 90.9 cm³/mol. The van der Waals surface area contributed by atoms with Crippen LogP contribution in [0.15, 0.2) is 24.3 Å². The van der Waals surface area contributed by atoms with Gasteiger partial charge in [0.1, 0.15) is 0 Å². The van der Waals surface area contributed by atoms with Crippen LogP contribution in [0.4, 0.5) is 5.69 Å². The van der Waals surface area contributed by atoms with E-state index in [9.17, 15) is 4.79 Å². The number of benzene rings is 1. The van der Waals surface area contributed by atoms with E-state index in [2.05, 4.69) is 16.3 Å². The molecule has 2 aliphatic rings. The van der Waals surface area contributed by atoms with E-state index in [4.69, 9.17) is 5.26 Å². The predicted octanol–water partition coefficient (Wildman–Crippen LogP) is 3.40. The molecule has 1 amide bonds. The number of nitrogens with one attached hydrogen (secondary N) is 1. The van der Waals surface area contributed by atoms with Gasteiger partial charge in [-0.2, -0.15) is 5.26 Å². The molecule has 1 N–H and O–H groups in total. The Hall–Kier alpha value is -1.86. The minimum absolute atomic E-state index is 0.0453. The molecule has 1 saturated heterocycles. The molecule has 3 atom stereocenters. The van der Waals surface area contributed by atoms with Gasteiger partial charge in [0.25, 0.3) is 0 Å². The van der Waals surface area contributed by atoms with Crippen molar-refractivity contribution in [3.63, 3.8) is 0 Å². The zero-order valence-corrected chi connectivity index (χ0v) is 13.8. The van der Waals surface area contributed by atoms with Crippen LogP contribution in [-0.4, -0.2) is 29.9 Å². The number of carbonyl (C=O) groups is 1. The molecule has 4 heteroatoms. The van der Waals surface area contributed by atoms with E-state index in [1.54, 1.807) is 24.3 Å². The lowest BCUT2D eigenvalue weighted by molar-refractivity contribution is -0.122. The smallest absolute Gasteiger partial charge is 0.241 e. The number of amides is 1. The Balaban J connectivity index is 1.57. The summed E-state index contributed by atoms with van der Waals surface area (Å²) in [6.07, 6.45) is 6.67. The standard InChI is InChI=1S/C19H25N3O/c1-14(19(23)21-18-8-6-15(12-20)7-9-18)22-11-10-16-4-2-3-5-17(16)13-22/h6-9,14,16-17H,2-5,10-11,13H2,1H3,(H,21,23)/t14-,16+,17-/m1/s1. The van der Waals surface area contributed by atoms with Crippen molar-refractivity contribution in [2.75, 3.05) is 18.4 Å². The molecule has 23 heavy (non-hydrogen) atoms. The SMILES string of the molecule is C[C@H](C(=O)Nc1ccc(C#N)cc1)N1CC[C@@H]2CCCC[C@@H]2C1. The largest absolute Gasteiger partial charge is 0.325 e. The highest BCUT2D eigenvalue weighted by Crippen LogP contribution is 2.36. The van der Waals surface area contributed by atoms with E-state index in [1.807, 2.05) is 6.92 Å². The van der Waals surface area contributed by atoms with E-state index in [-0.39, 0.29) is 11.9 Å². The number of nitrogens with zero attached hydrogens (tertiary/aromatic N) is 2. The Morgan fingerprint density at radius 3 is 2.61 bits per heavy atom. The average molecular weight is 311 g/mol. The first kappa shape index (κ1) is 16.0. The van der Waals surface area contributed by atoms with Crippen LogP contribution in [0.2, 0.25) is 0 Å². The van der Waals surface area contributed by atoms with Gasteiger partial charge in [-0.05, 0) is 62.4 Å². The third-order valence-electron chi connectivity index (χ3n) is 5.53. The fourth-order valence-corrected chi connectivity index (χ4v) is 4.02. The highest BCUT2D eigenvalue weighted by atomic mass is 16.2. The summed E-state index contributed by atoms with van der Waals surface area (Å²) in [5.41, 5.74) is 1.36. The van der Waals surface area contributed by atoms with Crippen LogP contribution in [0, 0.1) is 23.2 Å². The summed E-state index contributed by atoms with van der Waals surface area (Å²) >= 11 is 0. The summed E-state index contributed by atoms with van der Waals surface area (Å²) in [4.78, 5) is 14.8. The van der Waals surface area contributed by atoms with Crippen molar-refractivity contribution in [2.24, 2.45) is 11.8 Å². The Kier molecular flexibility index (Phi) is 4.97. The van der Waals surface area contributed by atoms with Crippen LogP contribution in [0.3, 0.4) is 0 Å². The molecule has 0 aromatic heterocycles. The maximum atomic E-state index is 12.5. The molecule has 122 valence electrons. The van der Waals surface area contributed by atoms with Gasteiger partial charge in [0, 0.05) is 12.2 Å². The van der Waals surface area contributed by atoms with Crippen LogP contribution in [0.25, 0.3) is 0 Å². The highest BCUT2D eigenvalue weighted by Gasteiger charge is 2.34. The maximum absolute atomic E-state index is 12.5. The Morgan fingerprint density at radius 1 is 1.22 bits per heavy atom. The average Bonchev–Trinajstić information content (AvgIpc) is 2.61. The zero-order chi connectivity index (χ0) is 16.2. The molecule has 1 aliphatic carbocycles. The van der Waals surface area contributed by atoms with Crippen LogP contribution in [-0.2, 0) is 4.79 Å². The van der Waals surface area contributed by atoms with Crippen LogP contribution in [0.1, 0.15) is 44.6 Å². The summed E-state index contributed by atoms with van der Waals surface area (Å²) in [5.74, 6) is 1.71. The summed E-state index contributed by atoms with van der Waals surface area (Å²) in [6.45, 7) is 4.10. The van der Waals surface area contributed by atoms with Crippen molar-refractivity contribution in [2.45, 2.75) is 45.1 Å². The van der Waals surface area contributed by atoms with E-state index in [1.165, 1.54) is 32.1 Å². The van der Waals surface area contributed by atoms with Gasteiger partial charge in [-0.3, -0.25) is 9.69 Å². The van der Waals surface area contributed by atoms with Crippen molar-refractivity contribution in [1.82, 2.24) is 4.90 Å². The molecule has 1 aromatic carbocycles. The summed E-state index contributed by atoms with van der Waals surface area (Å²) < 4.78 is 0. The van der Waals surface area contributed by atoms with Gasteiger partial charge in [-0.1, -0.05) is 19.3 Å². The molecule has 0 radical (unpaired) electrons. The van der Waals surface area contributed by atoms with Crippen LogP contribution >= 0.6 is 0 Å². The number of piperidine rings is 1. The first-order valence-electron chi connectivity index (χ1n) is 8.72. The summed E-state index contributed by atoms with van der Waals surface area (Å²) in [5, 5.41) is 11.8. The van der Waals surface area contributed by atoms with Crippen molar-refractivity contribution in [1.29, 1.82) is 5.26 Å². The molecule has 0 spiro atoms. The van der Waals surface area contributed by atoms with Gasteiger partial charge >= 0.3 is 0 Å². The van der Waals surface area contributed by atoms with Gasteiger partial charge in [0.15, 0.2) is 0 Å². The fraction of sp³-hybridized carbons (Fsp3) is 0.579. The molecule has 1 heterocycles. The van der Waals surface area contributed by atoms with Crippen molar-refractivity contribution >= 4 is 11.6 Å². The van der Waals surface area contributed by atoms with E-state index >= 15 is 0 Å². The topological polar surface area (TPSA) is 56.1 Å². The van der Waals surface area contributed by atoms with Crippen LogP contribution in [0.5, 0.6) is 0 Å². The highest BCUT2D eigenvalue weighted by molar-refractivity contribution is 5.94. The molecular formula is C19H25N3O. The number of anilines is 1. The van der Waals surface area contributed by atoms with E-state index in [0.717, 1.165) is 30.6 Å². The normalized spacial score (nSPS) is 25.9. The van der Waals surface area contributed by atoms with Crippen LogP contribution < -0.4 is 5.32 Å². The first-order valence-corrected chi connectivity index (χ1v) is 8.72. The third kappa shape index (κ3) is 3.73. The van der Waals surface area contributed by atoms with Crippen molar-refractivity contribution < 1.29 is 4.79 Å². The maximum Gasteiger partial charge on any atom is 0.241 e. The molecule has 3 rings (SSSR count). The second-order valence-electron chi connectivity index (χ2n) is 6.94. The fourth-order valence-electron chi connectivity index (χ4n) is 4.02. The summed E-state index contributed by atoms with van der Waals surface area (Å²) in [7, 11) is 0. The first-order chi connectivity index (χ1) is 11.2. The van der Waals surface area contributed by atoms with Gasteiger partial charge in [0.2, 0.25) is 5.91 Å². The number of hydrogen-bond donors (Lipinski definition) is 1. The van der Waals surface area contributed by atoms with E-state index in [0.29, 0.717) is 5.56 Å². The molecule has 0 unspecified atom stereocenters. The lowest BCUT2D eigenvalue weighted by atomic mass is 9.75. The number of hydrogen-bond acceptors (Lipinski definition) is 3. The van der Waals surface area contributed by atoms with E-state index < -0.39 is 0 Å². The zero-order valence-electron chi connectivity index (χ0n) is 13.8. The number of fused-ring (bicyclic) bond motifs is 1. The Bertz CT molecular complexity index is 590. The molecule has 1 saturated carbocycles. The van der Waals surface area contributed by atoms with Gasteiger partial charge in [-0.15, -0.1) is 0 Å². The minimum Gasteiger partial charge on any atom is -0.325 e. The Morgan fingerprint density at radius 2 is 1.91 bits per heavy atom. The lowest BCUT2D eigenvalue weighted by Crippen LogP contribution is -2.49. The number of nitriles is 1. The number of likely N-dealkylation sites (tertiary alicyclic amines) is 1. The van der Waals surface area contributed by atoms with Gasteiger partial charge in [-0.25, -0.2) is 0 Å². The van der Waals surface area contributed by atoms with Crippen molar-refractivity contribution in [3.05, 3.63) is 29.8 Å². The second kappa shape index (κ2) is 7.14. The van der Waals surface area contributed by atoms with Gasteiger partial charge in [0.05, 0.1) is 17.7 Å². The number of rotatable bonds is 3. The monoisotopic (exact) mass is 311 g/mol. The lowest BCUT2D eigenvalue weighted by Gasteiger charge is -2.43. The van der Waals surface area contributed by atoms with Gasteiger partial charge < -0.3 is 5.32 Å².